The minimum atomic E-state index is -0.279. The lowest BCUT2D eigenvalue weighted by Gasteiger charge is -2.28. The normalized spacial score (nSPS) is 20.9. The number of halogens is 1. The number of anilines is 1. The van der Waals surface area contributed by atoms with Crippen LogP contribution < -0.4 is 11.1 Å². The van der Waals surface area contributed by atoms with Gasteiger partial charge in [0.15, 0.2) is 0 Å². The van der Waals surface area contributed by atoms with E-state index in [4.69, 9.17) is 10.6 Å². The molecule has 7 nitrogen and oxygen atoms in total. The highest BCUT2D eigenvalue weighted by Crippen LogP contribution is 2.38. The van der Waals surface area contributed by atoms with Crippen LogP contribution in [-0.2, 0) is 11.3 Å². The lowest BCUT2D eigenvalue weighted by atomic mass is 9.78. The van der Waals surface area contributed by atoms with Crippen LogP contribution in [0, 0.1) is 12.7 Å². The molecule has 1 aromatic carbocycles. The SMILES string of the molecule is Cc1nc(N)nc2c1/C(=N/OCCC1CCCN1)CC(c1ccc(F)cc1-c1cccnc1)C2. The molecule has 2 aliphatic rings. The first-order chi connectivity index (χ1) is 16.6. The Balaban J connectivity index is 1.47. The third-order valence-electron chi connectivity index (χ3n) is 6.67. The number of benzene rings is 1. The van der Waals surface area contributed by atoms with Crippen molar-refractivity contribution in [3.63, 3.8) is 0 Å². The summed E-state index contributed by atoms with van der Waals surface area (Å²) in [5.41, 5.74) is 12.1. The standard InChI is InChI=1S/C26H29FN6O/c1-16-25-23(32-26(28)31-16)12-18(13-24(25)33-34-11-8-20-5-3-10-30-20)21-7-6-19(27)14-22(21)17-4-2-9-29-15-17/h2,4,6-7,9,14-15,18,20,30H,3,5,8,10-13H2,1H3,(H2,28,31,32)/b33-24+. The fourth-order valence-electron chi connectivity index (χ4n) is 5.10. The minimum absolute atomic E-state index is 0.0378. The smallest absolute Gasteiger partial charge is 0.220 e. The van der Waals surface area contributed by atoms with Gasteiger partial charge in [-0.25, -0.2) is 14.4 Å². The third-order valence-corrected chi connectivity index (χ3v) is 6.67. The lowest BCUT2D eigenvalue weighted by Crippen LogP contribution is -2.25. The van der Waals surface area contributed by atoms with Crippen molar-refractivity contribution in [2.45, 2.75) is 51.0 Å². The first-order valence-electron chi connectivity index (χ1n) is 11.8. The Hall–Kier alpha value is -3.39. The van der Waals surface area contributed by atoms with Gasteiger partial charge in [-0.1, -0.05) is 17.3 Å². The van der Waals surface area contributed by atoms with E-state index in [9.17, 15) is 4.39 Å². The molecule has 34 heavy (non-hydrogen) atoms. The Morgan fingerprint density at radius 1 is 1.24 bits per heavy atom. The summed E-state index contributed by atoms with van der Waals surface area (Å²) in [7, 11) is 0. The molecule has 1 saturated heterocycles. The van der Waals surface area contributed by atoms with Gasteiger partial charge in [-0.3, -0.25) is 4.98 Å². The summed E-state index contributed by atoms with van der Waals surface area (Å²) in [6, 6.07) is 9.24. The zero-order chi connectivity index (χ0) is 23.5. The third kappa shape index (κ3) is 4.77. The summed E-state index contributed by atoms with van der Waals surface area (Å²) in [5.74, 6) is 0.00546. The average Bonchev–Trinajstić information content (AvgIpc) is 3.35. The molecule has 2 atom stereocenters. The number of aromatic nitrogens is 3. The van der Waals surface area contributed by atoms with Crippen LogP contribution >= 0.6 is 0 Å². The highest BCUT2D eigenvalue weighted by atomic mass is 19.1. The van der Waals surface area contributed by atoms with Crippen LogP contribution in [0.2, 0.25) is 0 Å². The molecule has 3 N–H and O–H groups in total. The molecule has 3 heterocycles. The Kier molecular flexibility index (Phi) is 6.49. The first-order valence-corrected chi connectivity index (χ1v) is 11.8. The molecule has 0 bridgehead atoms. The van der Waals surface area contributed by atoms with E-state index in [1.54, 1.807) is 18.5 Å². The molecule has 1 aliphatic carbocycles. The highest BCUT2D eigenvalue weighted by Gasteiger charge is 2.30. The van der Waals surface area contributed by atoms with Crippen molar-refractivity contribution in [1.82, 2.24) is 20.3 Å². The van der Waals surface area contributed by atoms with Crippen LogP contribution in [0.4, 0.5) is 10.3 Å². The van der Waals surface area contributed by atoms with Crippen molar-refractivity contribution >= 4 is 11.7 Å². The fourth-order valence-corrected chi connectivity index (χ4v) is 5.10. The van der Waals surface area contributed by atoms with Crippen molar-refractivity contribution < 1.29 is 9.23 Å². The largest absolute Gasteiger partial charge is 0.396 e. The van der Waals surface area contributed by atoms with Crippen LogP contribution in [0.3, 0.4) is 0 Å². The van der Waals surface area contributed by atoms with Gasteiger partial charge in [0.25, 0.3) is 0 Å². The second-order valence-corrected chi connectivity index (χ2v) is 9.02. The van der Waals surface area contributed by atoms with Gasteiger partial charge in [0.05, 0.1) is 17.1 Å². The highest BCUT2D eigenvalue weighted by molar-refractivity contribution is 6.03. The monoisotopic (exact) mass is 460 g/mol. The Bertz CT molecular complexity index is 1190. The maximum absolute atomic E-state index is 14.2. The summed E-state index contributed by atoms with van der Waals surface area (Å²) in [6.07, 6.45) is 8.09. The van der Waals surface area contributed by atoms with Crippen LogP contribution in [0.25, 0.3) is 11.1 Å². The van der Waals surface area contributed by atoms with Crippen molar-refractivity contribution in [1.29, 1.82) is 0 Å². The van der Waals surface area contributed by atoms with E-state index in [1.807, 2.05) is 25.1 Å². The minimum Gasteiger partial charge on any atom is -0.396 e. The molecule has 0 saturated carbocycles. The van der Waals surface area contributed by atoms with Gasteiger partial charge in [0.1, 0.15) is 12.4 Å². The molecule has 0 spiro atoms. The summed E-state index contributed by atoms with van der Waals surface area (Å²) in [6.45, 7) is 3.55. The molecule has 2 aromatic heterocycles. The second-order valence-electron chi connectivity index (χ2n) is 9.02. The van der Waals surface area contributed by atoms with Crippen LogP contribution in [0.5, 0.6) is 0 Å². The second kappa shape index (κ2) is 9.85. The quantitative estimate of drug-likeness (QED) is 0.423. The molecule has 3 aromatic rings. The summed E-state index contributed by atoms with van der Waals surface area (Å²) >= 11 is 0. The molecule has 5 rings (SSSR count). The van der Waals surface area contributed by atoms with Gasteiger partial charge in [-0.2, -0.15) is 0 Å². The van der Waals surface area contributed by atoms with Crippen molar-refractivity contribution in [2.24, 2.45) is 5.16 Å². The summed E-state index contributed by atoms with van der Waals surface area (Å²) in [5, 5.41) is 8.04. The van der Waals surface area contributed by atoms with Gasteiger partial charge < -0.3 is 15.9 Å². The number of hydrogen-bond donors (Lipinski definition) is 2. The maximum atomic E-state index is 14.2. The van der Waals surface area contributed by atoms with Crippen molar-refractivity contribution in [2.75, 3.05) is 18.9 Å². The first kappa shape index (κ1) is 22.4. The molecular formula is C26H29FN6O. The van der Waals surface area contributed by atoms with E-state index in [-0.39, 0.29) is 17.7 Å². The number of nitrogen functional groups attached to an aromatic ring is 1. The van der Waals surface area contributed by atoms with Crippen molar-refractivity contribution in [3.8, 4) is 11.1 Å². The zero-order valence-electron chi connectivity index (χ0n) is 19.3. The number of hydrogen-bond acceptors (Lipinski definition) is 7. The summed E-state index contributed by atoms with van der Waals surface area (Å²) < 4.78 is 14.2. The Labute approximate surface area is 198 Å². The molecule has 176 valence electrons. The number of nitrogens with zero attached hydrogens (tertiary/aromatic N) is 4. The topological polar surface area (TPSA) is 98.3 Å². The van der Waals surface area contributed by atoms with Crippen LogP contribution in [-0.4, -0.2) is 39.9 Å². The number of aryl methyl sites for hydroxylation is 1. The van der Waals surface area contributed by atoms with E-state index in [0.717, 1.165) is 52.3 Å². The number of nitrogens with one attached hydrogen (secondary N) is 1. The predicted octanol–water partition coefficient (Wildman–Crippen LogP) is 4.16. The Morgan fingerprint density at radius 2 is 2.15 bits per heavy atom. The van der Waals surface area contributed by atoms with Crippen LogP contribution in [0.15, 0.2) is 47.9 Å². The van der Waals surface area contributed by atoms with Gasteiger partial charge in [0, 0.05) is 36.0 Å². The van der Waals surface area contributed by atoms with Gasteiger partial charge in [-0.15, -0.1) is 0 Å². The molecule has 8 heteroatoms. The predicted molar refractivity (Wildman–Crippen MR) is 130 cm³/mol. The molecule has 0 amide bonds. The average molecular weight is 461 g/mol. The van der Waals surface area contributed by atoms with E-state index in [0.29, 0.717) is 25.5 Å². The van der Waals surface area contributed by atoms with Gasteiger partial charge in [-0.05, 0) is 74.4 Å². The fraction of sp³-hybridized carbons (Fsp3) is 0.385. The van der Waals surface area contributed by atoms with Gasteiger partial charge >= 0.3 is 0 Å². The number of pyridine rings is 1. The van der Waals surface area contributed by atoms with E-state index in [1.165, 1.54) is 18.9 Å². The maximum Gasteiger partial charge on any atom is 0.220 e. The molecule has 2 unspecified atom stereocenters. The van der Waals surface area contributed by atoms with Gasteiger partial charge in [0.2, 0.25) is 5.95 Å². The molecule has 1 fully saturated rings. The summed E-state index contributed by atoms with van der Waals surface area (Å²) in [4.78, 5) is 18.9. The number of nitrogens with two attached hydrogens (primary N) is 1. The number of fused-ring (bicyclic) bond motifs is 1. The lowest BCUT2D eigenvalue weighted by molar-refractivity contribution is 0.134. The zero-order valence-corrected chi connectivity index (χ0v) is 19.3. The van der Waals surface area contributed by atoms with E-state index >= 15 is 0 Å². The van der Waals surface area contributed by atoms with Crippen molar-refractivity contribution in [3.05, 3.63) is 71.1 Å². The molecule has 0 radical (unpaired) electrons. The molecule has 1 aliphatic heterocycles. The number of oxime groups is 1. The van der Waals surface area contributed by atoms with Crippen LogP contribution in [0.1, 0.15) is 54.1 Å². The Morgan fingerprint density at radius 3 is 2.94 bits per heavy atom. The molecular weight excluding hydrogens is 431 g/mol. The van der Waals surface area contributed by atoms with E-state index < -0.39 is 0 Å². The van der Waals surface area contributed by atoms with E-state index in [2.05, 4.69) is 25.4 Å². The number of rotatable bonds is 6.